The van der Waals surface area contributed by atoms with Crippen LogP contribution in [0.1, 0.15) is 59.6 Å². The second-order valence-electron chi connectivity index (χ2n) is 10.1. The molecule has 0 amide bonds. The van der Waals surface area contributed by atoms with E-state index >= 15 is 0 Å². The van der Waals surface area contributed by atoms with Crippen LogP contribution in [0.25, 0.3) is 17.1 Å². The summed E-state index contributed by atoms with van der Waals surface area (Å²) in [5, 5.41) is 20.3. The maximum Gasteiger partial charge on any atom is 0.157 e. The molecule has 2 saturated carbocycles. The van der Waals surface area contributed by atoms with Gasteiger partial charge in [-0.25, -0.2) is 19.0 Å². The van der Waals surface area contributed by atoms with Crippen molar-refractivity contribution >= 4 is 0 Å². The van der Waals surface area contributed by atoms with E-state index in [2.05, 4.69) is 26.7 Å². The molecule has 6 rings (SSSR count). The average Bonchev–Trinajstić information content (AvgIpc) is 3.75. The van der Waals surface area contributed by atoms with Crippen LogP contribution in [0.2, 0.25) is 0 Å². The van der Waals surface area contributed by atoms with E-state index in [-0.39, 0.29) is 5.82 Å². The zero-order chi connectivity index (χ0) is 24.3. The van der Waals surface area contributed by atoms with Crippen LogP contribution in [0.3, 0.4) is 0 Å². The molecular formula is C27H29FN6O. The van der Waals surface area contributed by atoms with Crippen LogP contribution in [-0.4, -0.2) is 34.6 Å². The lowest BCUT2D eigenvalue weighted by molar-refractivity contribution is 0.150. The third-order valence-electron chi connectivity index (χ3n) is 7.32. The van der Waals surface area contributed by atoms with Gasteiger partial charge in [-0.2, -0.15) is 10.2 Å². The summed E-state index contributed by atoms with van der Waals surface area (Å²) in [4.78, 5) is 9.04. The highest BCUT2D eigenvalue weighted by Crippen LogP contribution is 2.48. The Balaban J connectivity index is 1.36. The molecule has 4 aromatic rings. The van der Waals surface area contributed by atoms with Crippen LogP contribution in [0.15, 0.2) is 36.7 Å². The minimum Gasteiger partial charge on any atom is -0.385 e. The number of halogens is 1. The monoisotopic (exact) mass is 472 g/mol. The number of aliphatic hydroxyl groups is 1. The molecular weight excluding hydrogens is 443 g/mol. The van der Waals surface area contributed by atoms with Crippen molar-refractivity contribution in [1.82, 2.24) is 29.5 Å². The topological polar surface area (TPSA) is 81.7 Å². The molecule has 3 heterocycles. The highest BCUT2D eigenvalue weighted by molar-refractivity contribution is 5.64. The Kier molecular flexibility index (Phi) is 5.11. The Labute approximate surface area is 203 Å². The largest absolute Gasteiger partial charge is 0.385 e. The molecule has 0 bridgehead atoms. The molecule has 0 aliphatic heterocycles. The van der Waals surface area contributed by atoms with E-state index in [1.54, 1.807) is 18.5 Å². The molecule has 8 heteroatoms. The number of nitrogens with zero attached hydrogens (tertiary/aromatic N) is 6. The van der Waals surface area contributed by atoms with Crippen molar-refractivity contribution in [3.05, 3.63) is 76.4 Å². The van der Waals surface area contributed by atoms with E-state index < -0.39 is 5.60 Å². The summed E-state index contributed by atoms with van der Waals surface area (Å²) in [6, 6.07) is 8.49. The molecule has 1 aromatic carbocycles. The fraction of sp³-hybridized carbons (Fsp3) is 0.407. The van der Waals surface area contributed by atoms with Crippen molar-refractivity contribution in [3.8, 4) is 17.1 Å². The summed E-state index contributed by atoms with van der Waals surface area (Å²) in [5.41, 5.74) is 6.80. The second-order valence-corrected chi connectivity index (χ2v) is 10.1. The van der Waals surface area contributed by atoms with Crippen molar-refractivity contribution in [1.29, 1.82) is 0 Å². The van der Waals surface area contributed by atoms with Gasteiger partial charge in [-0.05, 0) is 82.2 Å². The first-order valence-corrected chi connectivity index (χ1v) is 12.2. The van der Waals surface area contributed by atoms with Crippen LogP contribution in [0.4, 0.5) is 4.39 Å². The summed E-state index contributed by atoms with van der Waals surface area (Å²) < 4.78 is 17.4. The number of hydrogen-bond donors (Lipinski definition) is 1. The van der Waals surface area contributed by atoms with Crippen LogP contribution < -0.4 is 0 Å². The maximum atomic E-state index is 13.5. The van der Waals surface area contributed by atoms with E-state index in [1.165, 1.54) is 25.0 Å². The molecule has 35 heavy (non-hydrogen) atoms. The van der Waals surface area contributed by atoms with Crippen molar-refractivity contribution in [2.45, 2.75) is 65.0 Å². The number of rotatable bonds is 7. The minimum atomic E-state index is -0.745. The van der Waals surface area contributed by atoms with Gasteiger partial charge < -0.3 is 5.11 Å². The molecule has 0 unspecified atom stereocenters. The highest BCUT2D eigenvalue weighted by atomic mass is 19.1. The molecule has 0 saturated heterocycles. The molecule has 0 atom stereocenters. The molecule has 3 aromatic heterocycles. The number of aryl methyl sites for hydroxylation is 1. The number of aromatic nitrogens is 6. The van der Waals surface area contributed by atoms with Gasteiger partial charge in [-0.1, -0.05) is 0 Å². The van der Waals surface area contributed by atoms with Gasteiger partial charge in [-0.15, -0.1) is 0 Å². The van der Waals surface area contributed by atoms with E-state index in [9.17, 15) is 9.50 Å². The zero-order valence-corrected chi connectivity index (χ0v) is 20.3. The molecule has 7 nitrogen and oxygen atoms in total. The van der Waals surface area contributed by atoms with E-state index in [0.717, 1.165) is 64.5 Å². The summed E-state index contributed by atoms with van der Waals surface area (Å²) in [5.74, 6) is 1.10. The number of benzene rings is 1. The minimum absolute atomic E-state index is 0.251. The van der Waals surface area contributed by atoms with E-state index in [0.29, 0.717) is 18.2 Å². The lowest BCUT2D eigenvalue weighted by atomic mass is 10.0. The summed E-state index contributed by atoms with van der Waals surface area (Å²) in [6.45, 7) is 6.89. The van der Waals surface area contributed by atoms with Gasteiger partial charge in [0.2, 0.25) is 0 Å². The van der Waals surface area contributed by atoms with Crippen molar-refractivity contribution in [2.75, 3.05) is 0 Å². The first-order valence-electron chi connectivity index (χ1n) is 12.2. The number of hydrogen-bond acceptors (Lipinski definition) is 5. The molecule has 180 valence electrons. The smallest absolute Gasteiger partial charge is 0.157 e. The molecule has 0 spiro atoms. The lowest BCUT2D eigenvalue weighted by Crippen LogP contribution is -2.10. The van der Waals surface area contributed by atoms with Gasteiger partial charge in [0.15, 0.2) is 5.82 Å². The Morgan fingerprint density at radius 1 is 1.06 bits per heavy atom. The van der Waals surface area contributed by atoms with E-state index in [1.807, 2.05) is 24.6 Å². The predicted octanol–water partition coefficient (Wildman–Crippen LogP) is 4.57. The van der Waals surface area contributed by atoms with Crippen LogP contribution >= 0.6 is 0 Å². The molecule has 2 aliphatic carbocycles. The Hall–Kier alpha value is -3.39. The summed E-state index contributed by atoms with van der Waals surface area (Å²) in [7, 11) is 0. The van der Waals surface area contributed by atoms with Gasteiger partial charge in [-0.3, -0.25) is 4.68 Å². The van der Waals surface area contributed by atoms with Crippen LogP contribution in [0.5, 0.6) is 0 Å². The van der Waals surface area contributed by atoms with Crippen molar-refractivity contribution < 1.29 is 9.50 Å². The summed E-state index contributed by atoms with van der Waals surface area (Å²) in [6.07, 6.45) is 6.19. The third-order valence-corrected chi connectivity index (χ3v) is 7.32. The Morgan fingerprint density at radius 3 is 2.49 bits per heavy atom. The first kappa shape index (κ1) is 22.1. The first-order chi connectivity index (χ1) is 16.8. The van der Waals surface area contributed by atoms with Gasteiger partial charge in [0.25, 0.3) is 0 Å². The predicted molar refractivity (Wildman–Crippen MR) is 130 cm³/mol. The lowest BCUT2D eigenvalue weighted by Gasteiger charge is -2.10. The normalized spacial score (nSPS) is 16.6. The maximum absolute atomic E-state index is 13.5. The van der Waals surface area contributed by atoms with Gasteiger partial charge in [0, 0.05) is 41.5 Å². The standard InChI is InChI=1S/C27H29FN6O/c1-16-23(33(14-19-4-5-19)32-26(16)20-6-8-21(28)9-7-20)12-22-13-24(30-15-29-22)34-18(3)25(17(2)31-34)27(35)10-11-27/h6-9,13,15,19,35H,4-5,10-12,14H2,1-3H3. The third kappa shape index (κ3) is 4.05. The molecule has 0 radical (unpaired) electrons. The quantitative estimate of drug-likeness (QED) is 0.426. The molecule has 2 fully saturated rings. The van der Waals surface area contributed by atoms with Crippen LogP contribution in [-0.2, 0) is 18.6 Å². The van der Waals surface area contributed by atoms with E-state index in [4.69, 9.17) is 5.10 Å². The second kappa shape index (κ2) is 8.09. The average molecular weight is 473 g/mol. The SMILES string of the molecule is Cc1nn(-c2cc(Cc3c(C)c(-c4ccc(F)cc4)nn3CC3CC3)ncn2)c(C)c1C1(O)CC1. The van der Waals surface area contributed by atoms with Crippen molar-refractivity contribution in [2.24, 2.45) is 5.92 Å². The zero-order valence-electron chi connectivity index (χ0n) is 20.3. The van der Waals surface area contributed by atoms with Crippen molar-refractivity contribution in [3.63, 3.8) is 0 Å². The van der Waals surface area contributed by atoms with Gasteiger partial charge in [0.05, 0.1) is 22.7 Å². The van der Waals surface area contributed by atoms with Gasteiger partial charge >= 0.3 is 0 Å². The Bertz CT molecular complexity index is 1410. The fourth-order valence-corrected chi connectivity index (χ4v) is 5.07. The fourth-order valence-electron chi connectivity index (χ4n) is 5.07. The summed E-state index contributed by atoms with van der Waals surface area (Å²) >= 11 is 0. The molecule has 1 N–H and O–H groups in total. The molecule has 2 aliphatic rings. The highest BCUT2D eigenvalue weighted by Gasteiger charge is 2.46. The Morgan fingerprint density at radius 2 is 1.80 bits per heavy atom. The van der Waals surface area contributed by atoms with Gasteiger partial charge in [0.1, 0.15) is 12.1 Å². The van der Waals surface area contributed by atoms with Crippen LogP contribution in [0, 0.1) is 32.5 Å².